The predicted molar refractivity (Wildman–Crippen MR) is 50.3 cm³/mol. The minimum absolute atomic E-state index is 0.432. The second kappa shape index (κ2) is 5.30. The molecule has 0 saturated heterocycles. The quantitative estimate of drug-likeness (QED) is 0.449. The summed E-state index contributed by atoms with van der Waals surface area (Å²) in [5.41, 5.74) is 2.66. The molecule has 0 atom stereocenters. The van der Waals surface area contributed by atoms with Crippen molar-refractivity contribution in [1.29, 1.82) is 0 Å². The molecule has 0 saturated carbocycles. The van der Waals surface area contributed by atoms with E-state index in [2.05, 4.69) is 32.0 Å². The third-order valence-electron chi connectivity index (χ3n) is 1.04. The van der Waals surface area contributed by atoms with Crippen LogP contribution in [0.4, 0.5) is 0 Å². The van der Waals surface area contributed by atoms with Crippen LogP contribution in [0.2, 0.25) is 0 Å². The molecule has 0 aliphatic heterocycles. The molecular formula is C8H13NS. The fraction of sp³-hybridized carbons (Fsp3) is 0.375. The second-order valence-corrected chi connectivity index (χ2v) is 3.00. The Balaban J connectivity index is 3.66. The molecule has 0 N–H and O–H groups in total. The lowest BCUT2D eigenvalue weighted by molar-refractivity contribution is 0.764. The maximum Gasteiger partial charge on any atom is 0.0641 e. The Kier molecular flexibility index (Phi) is 5.03. The lowest BCUT2D eigenvalue weighted by atomic mass is 10.2. The minimum Gasteiger partial charge on any atom is -0.254 e. The lowest BCUT2D eigenvalue weighted by Gasteiger charge is -2.00. The van der Waals surface area contributed by atoms with Gasteiger partial charge >= 0.3 is 0 Å². The molecule has 0 spiro atoms. The van der Waals surface area contributed by atoms with Crippen molar-refractivity contribution in [2.24, 2.45) is 10.9 Å². The van der Waals surface area contributed by atoms with E-state index in [1.165, 1.54) is 11.8 Å². The molecule has 0 aromatic carbocycles. The molecular weight excluding hydrogens is 142 g/mol. The number of rotatable bonds is 4. The van der Waals surface area contributed by atoms with Gasteiger partial charge in [-0.05, 0) is 11.3 Å². The Morgan fingerprint density at radius 3 is 2.60 bits per heavy atom. The predicted octanol–water partition coefficient (Wildman–Crippen LogP) is 3.06. The number of nitrogens with zero attached hydrogens (tertiary/aromatic N) is 1. The molecule has 0 fully saturated rings. The van der Waals surface area contributed by atoms with Crippen molar-refractivity contribution in [3.05, 3.63) is 24.3 Å². The maximum atomic E-state index is 4.09. The van der Waals surface area contributed by atoms with Crippen LogP contribution in [0.1, 0.15) is 13.8 Å². The second-order valence-electron chi connectivity index (χ2n) is 2.18. The fourth-order valence-corrected chi connectivity index (χ4v) is 0.573. The zero-order chi connectivity index (χ0) is 7.98. The van der Waals surface area contributed by atoms with Crippen LogP contribution in [0.3, 0.4) is 0 Å². The van der Waals surface area contributed by atoms with Crippen LogP contribution in [-0.4, -0.2) is 5.55 Å². The Hall–Kier alpha value is -0.500. The first-order chi connectivity index (χ1) is 4.68. The van der Waals surface area contributed by atoms with Crippen LogP contribution in [0.25, 0.3) is 0 Å². The van der Waals surface area contributed by atoms with E-state index < -0.39 is 0 Å². The van der Waals surface area contributed by atoms with Crippen LogP contribution in [0, 0.1) is 5.92 Å². The highest BCUT2D eigenvalue weighted by Crippen LogP contribution is 2.08. The molecule has 2 heteroatoms. The summed E-state index contributed by atoms with van der Waals surface area (Å²) in [4.78, 5) is 4.09. The van der Waals surface area contributed by atoms with Gasteiger partial charge in [-0.1, -0.05) is 38.8 Å². The van der Waals surface area contributed by atoms with Gasteiger partial charge in [0.25, 0.3) is 0 Å². The Morgan fingerprint density at radius 2 is 2.20 bits per heavy atom. The van der Waals surface area contributed by atoms with Gasteiger partial charge in [0.15, 0.2) is 0 Å². The highest BCUT2D eigenvalue weighted by Gasteiger charge is 1.93. The van der Waals surface area contributed by atoms with Gasteiger partial charge in [0.1, 0.15) is 0 Å². The molecule has 0 bridgehead atoms. The van der Waals surface area contributed by atoms with Crippen molar-refractivity contribution >= 4 is 17.3 Å². The molecule has 1 nitrogen and oxygen atoms in total. The van der Waals surface area contributed by atoms with Crippen LogP contribution in [-0.2, 0) is 0 Å². The number of allylic oxidation sites excluding steroid dienone is 1. The topological polar surface area (TPSA) is 12.4 Å². The van der Waals surface area contributed by atoms with E-state index >= 15 is 0 Å². The van der Waals surface area contributed by atoms with E-state index in [0.29, 0.717) is 5.92 Å². The zero-order valence-corrected chi connectivity index (χ0v) is 7.32. The molecule has 56 valence electrons. The van der Waals surface area contributed by atoms with Gasteiger partial charge in [-0.25, -0.2) is 0 Å². The number of aliphatic imine (C=N–C) groups is 1. The summed E-state index contributed by atoms with van der Waals surface area (Å²) in [6, 6.07) is 0. The number of thioether (sulfide) groups is 1. The van der Waals surface area contributed by atoms with Crippen molar-refractivity contribution in [2.75, 3.05) is 0 Å². The summed E-state index contributed by atoms with van der Waals surface area (Å²) >= 11 is 1.47. The molecule has 10 heavy (non-hydrogen) atoms. The number of hydrogen-bond acceptors (Lipinski definition) is 2. The number of hydrogen-bond donors (Lipinski definition) is 0. The smallest absolute Gasteiger partial charge is 0.0641 e. The summed E-state index contributed by atoms with van der Waals surface area (Å²) in [6.07, 6.45) is 0. The summed E-state index contributed by atoms with van der Waals surface area (Å²) in [7, 11) is 0. The first-order valence-corrected chi connectivity index (χ1v) is 4.10. The molecule has 0 amide bonds. The molecule has 0 aliphatic rings. The molecule has 0 heterocycles. The first-order valence-electron chi connectivity index (χ1n) is 3.16. The maximum absolute atomic E-state index is 4.09. The van der Waals surface area contributed by atoms with E-state index in [4.69, 9.17) is 0 Å². The Morgan fingerprint density at radius 1 is 1.60 bits per heavy atom. The van der Waals surface area contributed by atoms with Crippen molar-refractivity contribution in [1.82, 2.24) is 0 Å². The van der Waals surface area contributed by atoms with Crippen molar-refractivity contribution in [3.8, 4) is 0 Å². The van der Waals surface area contributed by atoms with Gasteiger partial charge in [-0.2, -0.15) is 0 Å². The van der Waals surface area contributed by atoms with Crippen molar-refractivity contribution in [2.45, 2.75) is 13.8 Å². The van der Waals surface area contributed by atoms with Crippen LogP contribution in [0.15, 0.2) is 29.3 Å². The molecule has 0 radical (unpaired) electrons. The molecule has 0 rings (SSSR count). The van der Waals surface area contributed by atoms with Gasteiger partial charge < -0.3 is 0 Å². The zero-order valence-electron chi connectivity index (χ0n) is 6.50. The van der Waals surface area contributed by atoms with Gasteiger partial charge in [0, 0.05) is 5.70 Å². The normalized spacial score (nSPS) is 10.7. The average Bonchev–Trinajstić information content (AvgIpc) is 1.88. The first kappa shape index (κ1) is 9.50. The summed E-state index contributed by atoms with van der Waals surface area (Å²) < 4.78 is 0. The van der Waals surface area contributed by atoms with Crippen LogP contribution < -0.4 is 0 Å². The molecule has 0 aromatic heterocycles. The van der Waals surface area contributed by atoms with Crippen LogP contribution >= 0.6 is 11.8 Å². The average molecular weight is 155 g/mol. The molecule has 0 aromatic rings. The van der Waals surface area contributed by atoms with Gasteiger partial charge in [0.2, 0.25) is 0 Å². The standard InChI is InChI=1S/C8H13NS/c1-5-10-6-9-8(4)7(2)3/h5-7H,1,4H2,2-3H3. The van der Waals surface area contributed by atoms with E-state index in [0.717, 1.165) is 5.70 Å². The van der Waals surface area contributed by atoms with Gasteiger partial charge in [0.05, 0.1) is 5.55 Å². The lowest BCUT2D eigenvalue weighted by Crippen LogP contribution is -1.87. The van der Waals surface area contributed by atoms with E-state index in [-0.39, 0.29) is 0 Å². The van der Waals surface area contributed by atoms with Crippen molar-refractivity contribution in [3.63, 3.8) is 0 Å². The molecule has 0 aliphatic carbocycles. The summed E-state index contributed by atoms with van der Waals surface area (Å²) in [6.45, 7) is 11.5. The van der Waals surface area contributed by atoms with E-state index in [1.54, 1.807) is 11.0 Å². The summed E-state index contributed by atoms with van der Waals surface area (Å²) in [5.74, 6) is 0.432. The highest BCUT2D eigenvalue weighted by atomic mass is 32.2. The van der Waals surface area contributed by atoms with Gasteiger partial charge in [-0.15, -0.1) is 0 Å². The van der Waals surface area contributed by atoms with Crippen LogP contribution in [0.5, 0.6) is 0 Å². The fourth-order valence-electron chi connectivity index (χ4n) is 0.290. The Labute approximate surface area is 66.9 Å². The third-order valence-corrected chi connectivity index (χ3v) is 1.46. The minimum atomic E-state index is 0.432. The van der Waals surface area contributed by atoms with Gasteiger partial charge in [-0.3, -0.25) is 4.99 Å². The van der Waals surface area contributed by atoms with Crippen molar-refractivity contribution < 1.29 is 0 Å². The highest BCUT2D eigenvalue weighted by molar-refractivity contribution is 8.14. The largest absolute Gasteiger partial charge is 0.254 e. The van der Waals surface area contributed by atoms with E-state index in [1.807, 2.05) is 0 Å². The molecule has 0 unspecified atom stereocenters. The van der Waals surface area contributed by atoms with E-state index in [9.17, 15) is 0 Å². The summed E-state index contributed by atoms with van der Waals surface area (Å²) in [5, 5.41) is 1.73. The SMILES string of the molecule is C=CSC=NC(=C)C(C)C. The monoisotopic (exact) mass is 155 g/mol. The Bertz CT molecular complexity index is 147. The third kappa shape index (κ3) is 4.39.